The number of hydrogen-bond donors (Lipinski definition) is 1. The minimum atomic E-state index is -0.418. The summed E-state index contributed by atoms with van der Waals surface area (Å²) in [6.45, 7) is 5.47. The number of hydrogen-bond acceptors (Lipinski definition) is 4. The minimum Gasteiger partial charge on any atom is -0.460 e. The summed E-state index contributed by atoms with van der Waals surface area (Å²) < 4.78 is 5.03. The SMILES string of the molecule is CC(C)(C)OC(=O)CCCC=O.CO. The van der Waals surface area contributed by atoms with Gasteiger partial charge in [-0.3, -0.25) is 4.79 Å². The van der Waals surface area contributed by atoms with Crippen molar-refractivity contribution in [2.75, 3.05) is 7.11 Å². The Kier molecular flexibility index (Phi) is 9.66. The Morgan fingerprint density at radius 2 is 1.86 bits per heavy atom. The van der Waals surface area contributed by atoms with Crippen LogP contribution in [0.4, 0.5) is 0 Å². The highest BCUT2D eigenvalue weighted by atomic mass is 16.6. The highest BCUT2D eigenvalue weighted by Gasteiger charge is 2.15. The molecule has 0 aliphatic rings. The molecule has 0 aliphatic carbocycles. The molecule has 0 fully saturated rings. The largest absolute Gasteiger partial charge is 0.460 e. The van der Waals surface area contributed by atoms with Crippen LogP contribution in [-0.4, -0.2) is 30.1 Å². The predicted octanol–water partition coefficient (Wildman–Crippen LogP) is 1.31. The van der Waals surface area contributed by atoms with Crippen molar-refractivity contribution in [1.29, 1.82) is 0 Å². The average molecular weight is 204 g/mol. The molecule has 0 atom stereocenters. The lowest BCUT2D eigenvalue weighted by Crippen LogP contribution is -2.23. The molecular weight excluding hydrogens is 184 g/mol. The van der Waals surface area contributed by atoms with Gasteiger partial charge < -0.3 is 14.6 Å². The van der Waals surface area contributed by atoms with E-state index >= 15 is 0 Å². The van der Waals surface area contributed by atoms with Crippen LogP contribution in [-0.2, 0) is 14.3 Å². The van der Waals surface area contributed by atoms with Crippen LogP contribution < -0.4 is 0 Å². The third kappa shape index (κ3) is 13.7. The summed E-state index contributed by atoms with van der Waals surface area (Å²) in [5, 5.41) is 7.00. The quantitative estimate of drug-likeness (QED) is 0.426. The first-order chi connectivity index (χ1) is 6.45. The van der Waals surface area contributed by atoms with Crippen molar-refractivity contribution in [3.05, 3.63) is 0 Å². The minimum absolute atomic E-state index is 0.232. The molecule has 0 unspecified atom stereocenters. The highest BCUT2D eigenvalue weighted by molar-refractivity contribution is 5.70. The van der Waals surface area contributed by atoms with E-state index in [0.717, 1.165) is 13.4 Å². The molecule has 0 spiro atoms. The Morgan fingerprint density at radius 3 is 2.21 bits per heavy atom. The normalized spacial score (nSPS) is 9.79. The second-order valence-corrected chi connectivity index (χ2v) is 3.65. The molecule has 0 bridgehead atoms. The van der Waals surface area contributed by atoms with Crippen LogP contribution in [0.2, 0.25) is 0 Å². The monoisotopic (exact) mass is 204 g/mol. The van der Waals surface area contributed by atoms with E-state index in [1.165, 1.54) is 0 Å². The summed E-state index contributed by atoms with van der Waals surface area (Å²) in [4.78, 5) is 20.9. The van der Waals surface area contributed by atoms with Crippen LogP contribution in [0.1, 0.15) is 40.0 Å². The van der Waals surface area contributed by atoms with E-state index in [0.29, 0.717) is 19.3 Å². The van der Waals surface area contributed by atoms with E-state index in [-0.39, 0.29) is 5.97 Å². The van der Waals surface area contributed by atoms with Crippen molar-refractivity contribution >= 4 is 12.3 Å². The number of carbonyl (C=O) groups excluding carboxylic acids is 2. The third-order valence-corrected chi connectivity index (χ3v) is 1.12. The van der Waals surface area contributed by atoms with E-state index in [2.05, 4.69) is 0 Å². The zero-order chi connectivity index (χ0) is 11.6. The molecule has 4 nitrogen and oxygen atoms in total. The van der Waals surface area contributed by atoms with Crippen molar-refractivity contribution in [1.82, 2.24) is 0 Å². The lowest BCUT2D eigenvalue weighted by atomic mass is 10.2. The van der Waals surface area contributed by atoms with E-state index < -0.39 is 5.60 Å². The third-order valence-electron chi connectivity index (χ3n) is 1.12. The molecule has 84 valence electrons. The van der Waals surface area contributed by atoms with Gasteiger partial charge >= 0.3 is 5.97 Å². The first-order valence-electron chi connectivity index (χ1n) is 4.56. The summed E-state index contributed by atoms with van der Waals surface area (Å²) in [7, 11) is 1.00. The molecule has 4 heteroatoms. The van der Waals surface area contributed by atoms with Crippen molar-refractivity contribution in [3.8, 4) is 0 Å². The standard InChI is InChI=1S/C9H16O3.CH4O/c1-9(2,3)12-8(11)6-4-5-7-10;1-2/h7H,4-6H2,1-3H3;2H,1H3. The highest BCUT2D eigenvalue weighted by Crippen LogP contribution is 2.09. The first-order valence-corrected chi connectivity index (χ1v) is 4.56. The van der Waals surface area contributed by atoms with Crippen molar-refractivity contribution in [3.63, 3.8) is 0 Å². The lowest BCUT2D eigenvalue weighted by molar-refractivity contribution is -0.154. The van der Waals surface area contributed by atoms with Crippen molar-refractivity contribution in [2.45, 2.75) is 45.6 Å². The van der Waals surface area contributed by atoms with Crippen LogP contribution >= 0.6 is 0 Å². The van der Waals surface area contributed by atoms with Crippen molar-refractivity contribution in [2.24, 2.45) is 0 Å². The predicted molar refractivity (Wildman–Crippen MR) is 53.9 cm³/mol. The topological polar surface area (TPSA) is 63.6 Å². The van der Waals surface area contributed by atoms with Gasteiger partial charge in [0.15, 0.2) is 0 Å². The second kappa shape index (κ2) is 8.69. The Hall–Kier alpha value is -0.900. The average Bonchev–Trinajstić information content (AvgIpc) is 2.05. The summed E-state index contributed by atoms with van der Waals surface area (Å²) in [5.74, 6) is -0.232. The van der Waals surface area contributed by atoms with E-state index in [1.54, 1.807) is 0 Å². The molecule has 0 radical (unpaired) electrons. The van der Waals surface area contributed by atoms with Gasteiger partial charge in [-0.25, -0.2) is 0 Å². The maximum atomic E-state index is 11.0. The molecule has 0 aromatic carbocycles. The van der Waals surface area contributed by atoms with Crippen LogP contribution in [0.15, 0.2) is 0 Å². The lowest BCUT2D eigenvalue weighted by Gasteiger charge is -2.19. The van der Waals surface area contributed by atoms with Gasteiger partial charge in [-0.2, -0.15) is 0 Å². The molecule has 0 saturated carbocycles. The molecule has 0 aromatic heterocycles. The molecule has 1 N–H and O–H groups in total. The molecule has 0 rings (SSSR count). The second-order valence-electron chi connectivity index (χ2n) is 3.65. The van der Waals surface area contributed by atoms with E-state index in [9.17, 15) is 9.59 Å². The van der Waals surface area contributed by atoms with Gasteiger partial charge in [-0.05, 0) is 27.2 Å². The Bertz CT molecular complexity index is 158. The van der Waals surface area contributed by atoms with Crippen LogP contribution in [0, 0.1) is 0 Å². The van der Waals surface area contributed by atoms with Gasteiger partial charge in [-0.15, -0.1) is 0 Å². The number of unbranched alkanes of at least 4 members (excludes halogenated alkanes) is 1. The van der Waals surface area contributed by atoms with Gasteiger partial charge in [0.25, 0.3) is 0 Å². The van der Waals surface area contributed by atoms with Gasteiger partial charge in [0.1, 0.15) is 11.9 Å². The van der Waals surface area contributed by atoms with Gasteiger partial charge in [-0.1, -0.05) is 0 Å². The molecule has 14 heavy (non-hydrogen) atoms. The van der Waals surface area contributed by atoms with Crippen LogP contribution in [0.3, 0.4) is 0 Å². The summed E-state index contributed by atoms with van der Waals surface area (Å²) in [6.07, 6.45) is 2.15. The smallest absolute Gasteiger partial charge is 0.306 e. The zero-order valence-electron chi connectivity index (χ0n) is 9.37. The number of carbonyl (C=O) groups is 2. The summed E-state index contributed by atoms with van der Waals surface area (Å²) in [5.41, 5.74) is -0.418. The van der Waals surface area contributed by atoms with Crippen molar-refractivity contribution < 1.29 is 19.4 Å². The van der Waals surface area contributed by atoms with Gasteiger partial charge in [0, 0.05) is 20.0 Å². The molecule has 0 saturated heterocycles. The van der Waals surface area contributed by atoms with Gasteiger partial charge in [0.05, 0.1) is 0 Å². The molecule has 0 amide bonds. The number of rotatable bonds is 4. The number of aldehydes is 1. The zero-order valence-corrected chi connectivity index (χ0v) is 9.37. The fourth-order valence-corrected chi connectivity index (χ4v) is 0.722. The fourth-order valence-electron chi connectivity index (χ4n) is 0.722. The first kappa shape index (κ1) is 15.6. The molecular formula is C10H20O4. The van der Waals surface area contributed by atoms with Crippen LogP contribution in [0.5, 0.6) is 0 Å². The molecule has 0 aliphatic heterocycles. The van der Waals surface area contributed by atoms with E-state index in [1.807, 2.05) is 20.8 Å². The number of aliphatic hydroxyl groups excluding tert-OH is 1. The Balaban J connectivity index is 0. The molecule has 0 aromatic rings. The van der Waals surface area contributed by atoms with Crippen LogP contribution in [0.25, 0.3) is 0 Å². The van der Waals surface area contributed by atoms with E-state index in [4.69, 9.17) is 9.84 Å². The van der Waals surface area contributed by atoms with Gasteiger partial charge in [0.2, 0.25) is 0 Å². The Labute approximate surface area is 85.3 Å². The summed E-state index contributed by atoms with van der Waals surface area (Å²) >= 11 is 0. The number of aliphatic hydroxyl groups is 1. The fraction of sp³-hybridized carbons (Fsp3) is 0.800. The molecule has 0 heterocycles. The summed E-state index contributed by atoms with van der Waals surface area (Å²) in [6, 6.07) is 0. The number of esters is 1. The maximum Gasteiger partial charge on any atom is 0.306 e. The Morgan fingerprint density at radius 1 is 1.36 bits per heavy atom. The number of ether oxygens (including phenoxy) is 1. The maximum absolute atomic E-state index is 11.0.